The fourth-order valence-corrected chi connectivity index (χ4v) is 5.09. The van der Waals surface area contributed by atoms with Crippen LogP contribution < -0.4 is 0 Å². The van der Waals surface area contributed by atoms with E-state index in [4.69, 9.17) is 0 Å². The molecule has 0 rings (SSSR count). The van der Waals surface area contributed by atoms with Crippen LogP contribution in [0.4, 0.5) is 0 Å². The van der Waals surface area contributed by atoms with Gasteiger partial charge in [0.25, 0.3) is 0 Å². The molecule has 0 aliphatic heterocycles. The third-order valence-corrected chi connectivity index (χ3v) is 7.31. The van der Waals surface area contributed by atoms with Gasteiger partial charge in [-0.05, 0) is 53.2 Å². The molecule has 0 aliphatic rings. The van der Waals surface area contributed by atoms with Crippen LogP contribution in [0.1, 0.15) is 0 Å². The van der Waals surface area contributed by atoms with Crippen molar-refractivity contribution in [2.75, 3.05) is 53.2 Å². The predicted molar refractivity (Wildman–Crippen MR) is 83.9 cm³/mol. The summed E-state index contributed by atoms with van der Waals surface area (Å²) in [6.07, 6.45) is 9.11. The van der Waals surface area contributed by atoms with E-state index in [0.29, 0.717) is 21.0 Å². The molecular weight excluding hydrogens is 244 g/mol. The van der Waals surface area contributed by atoms with Crippen molar-refractivity contribution in [3.8, 4) is 0 Å². The van der Waals surface area contributed by atoms with Crippen LogP contribution in [0, 0.1) is 0 Å². The summed E-state index contributed by atoms with van der Waals surface area (Å²) >= 11 is 1.93. The van der Waals surface area contributed by atoms with Crippen LogP contribution in [0.3, 0.4) is 0 Å². The van der Waals surface area contributed by atoms with Crippen LogP contribution in [-0.4, -0.2) is 71.7 Å². The SMILES string of the molecule is CN(C)C(SC(N(C)C)=S(C)C)=S(C)C. The average molecular weight is 269 g/mol. The first-order chi connectivity index (χ1) is 6.77. The van der Waals surface area contributed by atoms with Crippen LogP contribution in [0.2, 0.25) is 0 Å². The molecule has 92 valence electrons. The molecule has 0 bridgehead atoms. The minimum Gasteiger partial charge on any atom is -0.271 e. The molecule has 0 amide bonds. The molecule has 0 atom stereocenters. The Kier molecular flexibility index (Phi) is 7.45. The van der Waals surface area contributed by atoms with Gasteiger partial charge in [-0.1, -0.05) is 11.8 Å². The lowest BCUT2D eigenvalue weighted by atomic mass is 11.0. The van der Waals surface area contributed by atoms with Gasteiger partial charge in [0.15, 0.2) is 0 Å². The van der Waals surface area contributed by atoms with Gasteiger partial charge in [0, 0.05) is 0 Å². The highest BCUT2D eigenvalue weighted by Gasteiger charge is 2.10. The highest BCUT2D eigenvalue weighted by atomic mass is 32.2. The molecule has 0 N–H and O–H groups in total. The largest absolute Gasteiger partial charge is 0.271 e. The van der Waals surface area contributed by atoms with Crippen LogP contribution in [0.15, 0.2) is 0 Å². The molecule has 0 aliphatic carbocycles. The van der Waals surface area contributed by atoms with Gasteiger partial charge in [0.1, 0.15) is 0 Å². The van der Waals surface area contributed by atoms with Crippen molar-refractivity contribution in [3.63, 3.8) is 0 Å². The Bertz CT molecular complexity index is 244. The lowest BCUT2D eigenvalue weighted by molar-refractivity contribution is 0.642. The van der Waals surface area contributed by atoms with E-state index in [9.17, 15) is 0 Å². The lowest BCUT2D eigenvalue weighted by Crippen LogP contribution is -2.26. The van der Waals surface area contributed by atoms with Gasteiger partial charge < -0.3 is 0 Å². The summed E-state index contributed by atoms with van der Waals surface area (Å²) in [6.45, 7) is 0. The Morgan fingerprint density at radius 3 is 1.13 bits per heavy atom. The van der Waals surface area contributed by atoms with Crippen molar-refractivity contribution in [1.29, 1.82) is 0 Å². The predicted octanol–water partition coefficient (Wildman–Crippen LogP) is 2.07. The van der Waals surface area contributed by atoms with Crippen LogP contribution in [0.25, 0.3) is 0 Å². The molecule has 0 aromatic rings. The van der Waals surface area contributed by atoms with Gasteiger partial charge in [-0.2, -0.15) is 21.0 Å². The molecule has 2 nitrogen and oxygen atoms in total. The monoisotopic (exact) mass is 268 g/mol. The molecule has 0 heterocycles. The van der Waals surface area contributed by atoms with Crippen molar-refractivity contribution >= 4 is 41.4 Å². The fourth-order valence-electron chi connectivity index (χ4n) is 1.15. The summed E-state index contributed by atoms with van der Waals surface area (Å²) in [7, 11) is 9.17. The van der Waals surface area contributed by atoms with Crippen LogP contribution >= 0.6 is 32.7 Å². The maximum atomic E-state index is 2.28. The van der Waals surface area contributed by atoms with Crippen molar-refractivity contribution in [3.05, 3.63) is 0 Å². The summed E-state index contributed by atoms with van der Waals surface area (Å²) in [5.41, 5.74) is 0. The van der Waals surface area contributed by atoms with Crippen molar-refractivity contribution in [2.24, 2.45) is 0 Å². The quantitative estimate of drug-likeness (QED) is 0.621. The number of thioether (sulfide) groups is 1. The van der Waals surface area contributed by atoms with E-state index in [2.05, 4.69) is 63.0 Å². The van der Waals surface area contributed by atoms with Crippen molar-refractivity contribution in [2.45, 2.75) is 0 Å². The Morgan fingerprint density at radius 1 is 0.733 bits per heavy atom. The number of hydrogen-bond acceptors (Lipinski definition) is 1. The second-order valence-corrected chi connectivity index (χ2v) is 9.59. The summed E-state index contributed by atoms with van der Waals surface area (Å²) in [5.74, 6) is 0. The normalized spacial score (nSPS) is 12.0. The van der Waals surface area contributed by atoms with E-state index in [1.165, 1.54) is 8.64 Å². The van der Waals surface area contributed by atoms with E-state index >= 15 is 0 Å². The van der Waals surface area contributed by atoms with Gasteiger partial charge in [-0.15, -0.1) is 0 Å². The van der Waals surface area contributed by atoms with Crippen molar-refractivity contribution < 1.29 is 0 Å². The Labute approximate surface area is 104 Å². The maximum Gasteiger partial charge on any atom is 0.0811 e. The molecular formula is C10H24N2S3. The highest BCUT2D eigenvalue weighted by molar-refractivity contribution is 8.46. The molecule has 0 saturated heterocycles. The zero-order valence-corrected chi connectivity index (χ0v) is 13.6. The zero-order chi connectivity index (χ0) is 12.2. The Morgan fingerprint density at radius 2 is 1.00 bits per heavy atom. The first kappa shape index (κ1) is 15.7. The molecule has 5 heteroatoms. The number of hydrogen-bond donors (Lipinski definition) is 0. The third kappa shape index (κ3) is 5.54. The molecule has 0 fully saturated rings. The van der Waals surface area contributed by atoms with Crippen LogP contribution in [0.5, 0.6) is 0 Å². The standard InChI is InChI=1S/C10H24N2S3/c1-11(2)9(14(5)6)13-10(12(3)4)15(7)8/h1-8H3. The van der Waals surface area contributed by atoms with Gasteiger partial charge >= 0.3 is 0 Å². The molecule has 0 saturated carbocycles. The van der Waals surface area contributed by atoms with Gasteiger partial charge in [-0.3, -0.25) is 9.80 Å². The van der Waals surface area contributed by atoms with Gasteiger partial charge in [0.05, 0.1) is 8.64 Å². The maximum absolute atomic E-state index is 2.28. The summed E-state index contributed by atoms with van der Waals surface area (Å²) in [5, 5.41) is 0. The molecule has 0 spiro atoms. The summed E-state index contributed by atoms with van der Waals surface area (Å²) in [6, 6.07) is 0. The molecule has 0 unspecified atom stereocenters. The molecule has 0 aromatic heterocycles. The topological polar surface area (TPSA) is 6.48 Å². The smallest absolute Gasteiger partial charge is 0.0811 e. The van der Waals surface area contributed by atoms with Crippen molar-refractivity contribution in [1.82, 2.24) is 9.80 Å². The fraction of sp³-hybridized carbons (Fsp3) is 0.800. The van der Waals surface area contributed by atoms with Gasteiger partial charge in [-0.25, -0.2) is 0 Å². The second-order valence-electron chi connectivity index (χ2n) is 4.06. The number of nitrogens with zero attached hydrogens (tertiary/aromatic N) is 2. The minimum absolute atomic E-state index is 0.325. The highest BCUT2D eigenvalue weighted by Crippen LogP contribution is 2.24. The van der Waals surface area contributed by atoms with E-state index in [1.54, 1.807) is 0 Å². The number of rotatable bonds is 0. The van der Waals surface area contributed by atoms with E-state index < -0.39 is 0 Å². The minimum atomic E-state index is 0.325. The van der Waals surface area contributed by atoms with E-state index in [0.717, 1.165) is 0 Å². The first-order valence-corrected chi connectivity index (χ1v) is 9.58. The third-order valence-electron chi connectivity index (χ3n) is 1.60. The average Bonchev–Trinajstić information content (AvgIpc) is 2.01. The first-order valence-electron chi connectivity index (χ1n) is 4.69. The lowest BCUT2D eigenvalue weighted by Gasteiger charge is -2.22. The summed E-state index contributed by atoms with van der Waals surface area (Å²) in [4.78, 5) is 4.48. The second kappa shape index (κ2) is 7.12. The zero-order valence-electron chi connectivity index (χ0n) is 11.1. The van der Waals surface area contributed by atoms with E-state index in [1.807, 2.05) is 11.8 Å². The van der Waals surface area contributed by atoms with Gasteiger partial charge in [0.2, 0.25) is 0 Å². The molecule has 0 radical (unpaired) electrons. The molecule has 0 aromatic carbocycles. The molecule has 15 heavy (non-hydrogen) atoms. The van der Waals surface area contributed by atoms with Crippen LogP contribution in [-0.2, 0) is 0 Å². The van der Waals surface area contributed by atoms with E-state index in [-0.39, 0.29) is 0 Å². The summed E-state index contributed by atoms with van der Waals surface area (Å²) < 4.78 is 2.92. The Hall–Kier alpha value is 0.710. The Balaban J connectivity index is 4.99.